The van der Waals surface area contributed by atoms with Crippen molar-refractivity contribution in [2.24, 2.45) is 0 Å². The van der Waals surface area contributed by atoms with E-state index in [1.807, 2.05) is 34.6 Å². The highest BCUT2D eigenvalue weighted by molar-refractivity contribution is 5.92. The molecule has 0 fully saturated rings. The lowest BCUT2D eigenvalue weighted by atomic mass is 9.91. The number of ether oxygens (including phenoxy) is 1. The van der Waals surface area contributed by atoms with E-state index < -0.39 is 29.4 Å². The van der Waals surface area contributed by atoms with Crippen LogP contribution in [0.3, 0.4) is 0 Å². The second-order valence-electron chi connectivity index (χ2n) is 8.20. The fraction of sp³-hybridized carbons (Fsp3) is 0.444. The van der Waals surface area contributed by atoms with E-state index >= 15 is 0 Å². The fourth-order valence-electron chi connectivity index (χ4n) is 4.87. The SMILES string of the molecule is CC.CC.CCc1c2c(nc3cc(C(F)(F)F)c(C)c(C)c13)-c1cc3c(c(=O)n1C2)COC(=O)C3O. The number of pyridine rings is 2. The van der Waals surface area contributed by atoms with Crippen molar-refractivity contribution in [2.45, 2.75) is 80.3 Å². The molecule has 0 amide bonds. The first kappa shape index (κ1) is 27.4. The Balaban J connectivity index is 0.000000861. The molecule has 2 aliphatic rings. The highest BCUT2D eigenvalue weighted by Crippen LogP contribution is 2.42. The fourth-order valence-corrected chi connectivity index (χ4v) is 4.87. The average Bonchev–Trinajstić information content (AvgIpc) is 3.23. The van der Waals surface area contributed by atoms with Crippen LogP contribution in [0.25, 0.3) is 22.3 Å². The molecular formula is C27H31F3N2O4. The molecule has 9 heteroatoms. The van der Waals surface area contributed by atoms with Gasteiger partial charge in [0.1, 0.15) is 6.61 Å². The van der Waals surface area contributed by atoms with E-state index in [9.17, 15) is 27.9 Å². The number of benzene rings is 1. The van der Waals surface area contributed by atoms with Crippen LogP contribution < -0.4 is 5.56 Å². The highest BCUT2D eigenvalue weighted by atomic mass is 19.4. The molecule has 2 aromatic heterocycles. The van der Waals surface area contributed by atoms with Gasteiger partial charge in [-0.25, -0.2) is 9.78 Å². The van der Waals surface area contributed by atoms with Gasteiger partial charge in [-0.15, -0.1) is 0 Å². The Kier molecular flexibility index (Phi) is 7.64. The first-order valence-corrected chi connectivity index (χ1v) is 12.2. The zero-order valence-electron chi connectivity index (χ0n) is 21.6. The first-order valence-electron chi connectivity index (χ1n) is 12.2. The molecule has 1 atom stereocenters. The Bertz CT molecular complexity index is 1410. The Hall–Kier alpha value is -3.20. The molecule has 4 heterocycles. The number of esters is 1. The predicted octanol–water partition coefficient (Wildman–Crippen LogP) is 5.77. The van der Waals surface area contributed by atoms with Crippen LogP contribution in [0.2, 0.25) is 0 Å². The molecule has 0 spiro atoms. The number of alkyl halides is 3. The highest BCUT2D eigenvalue weighted by Gasteiger charge is 2.37. The zero-order chi connectivity index (χ0) is 27.1. The maximum absolute atomic E-state index is 13.6. The molecule has 0 aliphatic carbocycles. The van der Waals surface area contributed by atoms with Crippen molar-refractivity contribution >= 4 is 16.9 Å². The molecule has 194 valence electrons. The largest absolute Gasteiger partial charge is 0.458 e. The maximum Gasteiger partial charge on any atom is 0.416 e. The number of halogens is 3. The summed E-state index contributed by atoms with van der Waals surface area (Å²) in [5.41, 5.74) is 2.46. The van der Waals surface area contributed by atoms with Crippen molar-refractivity contribution in [1.82, 2.24) is 9.55 Å². The quantitative estimate of drug-likeness (QED) is 0.333. The molecular weight excluding hydrogens is 473 g/mol. The number of hydrogen-bond acceptors (Lipinski definition) is 5. The minimum absolute atomic E-state index is 0.154. The zero-order valence-corrected chi connectivity index (χ0v) is 21.6. The number of carbonyl (C=O) groups is 1. The second-order valence-corrected chi connectivity index (χ2v) is 8.20. The summed E-state index contributed by atoms with van der Waals surface area (Å²) in [4.78, 5) is 29.5. The van der Waals surface area contributed by atoms with Gasteiger partial charge < -0.3 is 14.4 Å². The molecule has 0 bridgehead atoms. The number of cyclic esters (lactones) is 1. The number of aliphatic hydroxyl groups is 1. The molecule has 6 nitrogen and oxygen atoms in total. The molecule has 0 radical (unpaired) electrons. The molecule has 2 aliphatic heterocycles. The van der Waals surface area contributed by atoms with Crippen LogP contribution >= 0.6 is 0 Å². The van der Waals surface area contributed by atoms with Crippen molar-refractivity contribution in [3.63, 3.8) is 0 Å². The maximum atomic E-state index is 13.6. The molecule has 1 unspecified atom stereocenters. The standard InChI is InChI=1S/C23H19F3N2O4.2C2H6/c1-4-11-13-7-28-17(5-12-14(21(28)30)8-32-22(31)20(12)29)19(13)27-16-6-15(23(24,25)26)9(2)10(3)18(11)16;2*1-2/h5-6,20,29H,4,7-8H2,1-3H3;2*1-2H3. The molecule has 0 saturated carbocycles. The minimum atomic E-state index is -4.52. The summed E-state index contributed by atoms with van der Waals surface area (Å²) in [6, 6.07) is 2.58. The van der Waals surface area contributed by atoms with Gasteiger partial charge >= 0.3 is 12.1 Å². The van der Waals surface area contributed by atoms with Gasteiger partial charge in [-0.1, -0.05) is 34.6 Å². The van der Waals surface area contributed by atoms with E-state index in [4.69, 9.17) is 4.74 Å². The Morgan fingerprint density at radius 2 is 1.72 bits per heavy atom. The Morgan fingerprint density at radius 1 is 1.08 bits per heavy atom. The summed E-state index contributed by atoms with van der Waals surface area (Å²) in [7, 11) is 0. The monoisotopic (exact) mass is 504 g/mol. The molecule has 1 N–H and O–H groups in total. The van der Waals surface area contributed by atoms with Gasteiger partial charge in [0.25, 0.3) is 5.56 Å². The van der Waals surface area contributed by atoms with Crippen LogP contribution in [0, 0.1) is 13.8 Å². The Labute approximate surface area is 207 Å². The van der Waals surface area contributed by atoms with Gasteiger partial charge in [0.2, 0.25) is 0 Å². The number of nitrogens with zero attached hydrogens (tertiary/aromatic N) is 2. The lowest BCUT2D eigenvalue weighted by Gasteiger charge is -2.21. The van der Waals surface area contributed by atoms with Gasteiger partial charge in [-0.2, -0.15) is 13.2 Å². The summed E-state index contributed by atoms with van der Waals surface area (Å²) >= 11 is 0. The average molecular weight is 505 g/mol. The number of rotatable bonds is 1. The molecule has 5 rings (SSSR count). The number of aromatic nitrogens is 2. The van der Waals surface area contributed by atoms with Crippen molar-refractivity contribution in [3.8, 4) is 11.4 Å². The third-order valence-electron chi connectivity index (χ3n) is 6.59. The van der Waals surface area contributed by atoms with Gasteiger partial charge in [-0.05, 0) is 49.1 Å². The van der Waals surface area contributed by atoms with Gasteiger partial charge in [0, 0.05) is 16.5 Å². The summed E-state index contributed by atoms with van der Waals surface area (Å²) in [6.07, 6.45) is -5.57. The molecule has 3 aromatic rings. The third-order valence-corrected chi connectivity index (χ3v) is 6.59. The number of carbonyl (C=O) groups excluding carboxylic acids is 1. The lowest BCUT2D eigenvalue weighted by Crippen LogP contribution is -2.32. The van der Waals surface area contributed by atoms with Crippen LogP contribution in [0.5, 0.6) is 0 Å². The van der Waals surface area contributed by atoms with Crippen LogP contribution in [-0.2, 0) is 35.3 Å². The normalized spacial score (nSPS) is 15.6. The van der Waals surface area contributed by atoms with E-state index in [0.717, 1.165) is 17.2 Å². The number of aliphatic hydroxyl groups excluding tert-OH is 1. The lowest BCUT2D eigenvalue weighted by molar-refractivity contribution is -0.157. The van der Waals surface area contributed by atoms with Gasteiger partial charge in [-0.3, -0.25) is 4.79 Å². The summed E-state index contributed by atoms with van der Waals surface area (Å²) < 4.78 is 47.3. The number of fused-ring (bicyclic) bond motifs is 5. The van der Waals surface area contributed by atoms with Crippen LogP contribution in [-0.4, -0.2) is 20.6 Å². The van der Waals surface area contributed by atoms with E-state index in [-0.39, 0.29) is 35.4 Å². The van der Waals surface area contributed by atoms with Crippen LogP contribution in [0.1, 0.15) is 79.7 Å². The summed E-state index contributed by atoms with van der Waals surface area (Å²) in [5.74, 6) is -0.846. The van der Waals surface area contributed by atoms with Gasteiger partial charge in [0.15, 0.2) is 6.10 Å². The molecule has 1 aromatic carbocycles. The van der Waals surface area contributed by atoms with Gasteiger partial charge in [0.05, 0.1) is 34.6 Å². The van der Waals surface area contributed by atoms with Crippen molar-refractivity contribution in [3.05, 3.63) is 61.4 Å². The predicted molar refractivity (Wildman–Crippen MR) is 132 cm³/mol. The Morgan fingerprint density at radius 3 is 2.31 bits per heavy atom. The smallest absolute Gasteiger partial charge is 0.416 e. The molecule has 0 saturated heterocycles. The van der Waals surface area contributed by atoms with Crippen molar-refractivity contribution < 1.29 is 27.8 Å². The van der Waals surface area contributed by atoms with E-state index in [0.29, 0.717) is 28.8 Å². The third kappa shape index (κ3) is 4.09. The van der Waals surface area contributed by atoms with Crippen molar-refractivity contribution in [2.75, 3.05) is 0 Å². The molecule has 36 heavy (non-hydrogen) atoms. The second kappa shape index (κ2) is 10.0. The summed E-state index contributed by atoms with van der Waals surface area (Å²) in [6.45, 7) is 13.0. The van der Waals surface area contributed by atoms with E-state index in [1.54, 1.807) is 6.92 Å². The van der Waals surface area contributed by atoms with Crippen LogP contribution in [0.15, 0.2) is 16.9 Å². The minimum Gasteiger partial charge on any atom is -0.458 e. The number of hydrogen-bond donors (Lipinski definition) is 1. The van der Waals surface area contributed by atoms with Crippen LogP contribution in [0.4, 0.5) is 13.2 Å². The van der Waals surface area contributed by atoms with E-state index in [1.165, 1.54) is 17.6 Å². The van der Waals surface area contributed by atoms with Crippen molar-refractivity contribution in [1.29, 1.82) is 0 Å². The number of aryl methyl sites for hydroxylation is 2. The summed E-state index contributed by atoms with van der Waals surface area (Å²) in [5, 5.41) is 10.9. The topological polar surface area (TPSA) is 81.4 Å². The van der Waals surface area contributed by atoms with E-state index in [2.05, 4.69) is 4.98 Å². The first-order chi connectivity index (χ1) is 17.0.